The number of aromatic amines is 1. The molecular formula is C15H8BrClFN5O2. The van der Waals surface area contributed by atoms with Crippen LogP contribution in [0, 0.1) is 5.82 Å². The van der Waals surface area contributed by atoms with Crippen LogP contribution in [0.3, 0.4) is 0 Å². The first kappa shape index (κ1) is 15.9. The van der Waals surface area contributed by atoms with Crippen molar-refractivity contribution in [3.05, 3.63) is 62.7 Å². The van der Waals surface area contributed by atoms with E-state index < -0.39 is 11.6 Å². The van der Waals surface area contributed by atoms with Crippen molar-refractivity contribution in [2.75, 3.05) is 5.32 Å². The van der Waals surface area contributed by atoms with Gasteiger partial charge < -0.3 is 14.1 Å². The minimum absolute atomic E-state index is 0.0162. The van der Waals surface area contributed by atoms with Crippen molar-refractivity contribution in [2.24, 2.45) is 0 Å². The number of benzene rings is 1. The molecule has 0 saturated carbocycles. The fourth-order valence-corrected chi connectivity index (χ4v) is 3.00. The maximum atomic E-state index is 14.2. The van der Waals surface area contributed by atoms with Crippen molar-refractivity contribution in [1.29, 1.82) is 0 Å². The predicted molar refractivity (Wildman–Crippen MR) is 93.7 cm³/mol. The van der Waals surface area contributed by atoms with E-state index in [1.165, 1.54) is 6.07 Å². The summed E-state index contributed by atoms with van der Waals surface area (Å²) < 4.78 is 21.5. The Bertz CT molecular complexity index is 1150. The largest absolute Gasteiger partial charge is 0.434 e. The first-order chi connectivity index (χ1) is 12.0. The molecule has 126 valence electrons. The van der Waals surface area contributed by atoms with E-state index in [1.807, 2.05) is 0 Å². The van der Waals surface area contributed by atoms with Gasteiger partial charge in [-0.25, -0.2) is 19.3 Å². The molecule has 0 aliphatic rings. The van der Waals surface area contributed by atoms with Gasteiger partial charge in [-0.15, -0.1) is 5.10 Å². The Morgan fingerprint density at radius 2 is 2.24 bits per heavy atom. The summed E-state index contributed by atoms with van der Waals surface area (Å²) in [5, 5.41) is 9.17. The smallest absolute Gasteiger partial charge is 0.388 e. The van der Waals surface area contributed by atoms with E-state index in [4.69, 9.17) is 16.0 Å². The van der Waals surface area contributed by atoms with Crippen LogP contribution in [0.1, 0.15) is 0 Å². The summed E-state index contributed by atoms with van der Waals surface area (Å²) in [4.78, 5) is 15.5. The van der Waals surface area contributed by atoms with E-state index in [9.17, 15) is 9.18 Å². The molecule has 0 radical (unpaired) electrons. The van der Waals surface area contributed by atoms with E-state index in [1.54, 1.807) is 35.1 Å². The third-order valence-electron chi connectivity index (χ3n) is 3.48. The lowest BCUT2D eigenvalue weighted by molar-refractivity contribution is 0.527. The van der Waals surface area contributed by atoms with Crippen molar-refractivity contribution < 1.29 is 8.81 Å². The lowest BCUT2D eigenvalue weighted by Gasteiger charge is -2.14. The average molecular weight is 425 g/mol. The van der Waals surface area contributed by atoms with Gasteiger partial charge in [0.15, 0.2) is 5.65 Å². The molecule has 4 aromatic rings. The second-order valence-electron chi connectivity index (χ2n) is 5.06. The number of anilines is 2. The molecule has 3 aromatic heterocycles. The lowest BCUT2D eigenvalue weighted by atomic mass is 10.2. The molecule has 25 heavy (non-hydrogen) atoms. The summed E-state index contributed by atoms with van der Waals surface area (Å²) in [6, 6.07) is 4.55. The van der Waals surface area contributed by atoms with Crippen LogP contribution in [-0.4, -0.2) is 19.6 Å². The van der Waals surface area contributed by atoms with Crippen LogP contribution in [0.4, 0.5) is 15.8 Å². The van der Waals surface area contributed by atoms with E-state index in [-0.39, 0.29) is 16.6 Å². The highest BCUT2D eigenvalue weighted by Gasteiger charge is 2.19. The zero-order valence-corrected chi connectivity index (χ0v) is 14.6. The molecule has 0 atom stereocenters. The molecule has 4 rings (SSSR count). The summed E-state index contributed by atoms with van der Waals surface area (Å²) in [6.07, 6.45) is 4.88. The van der Waals surface area contributed by atoms with E-state index in [0.29, 0.717) is 21.4 Å². The number of nitrogens with zero attached hydrogens (tertiary/aromatic N) is 3. The van der Waals surface area contributed by atoms with Crippen LogP contribution < -0.4 is 11.1 Å². The van der Waals surface area contributed by atoms with Gasteiger partial charge >= 0.3 is 5.76 Å². The molecule has 2 N–H and O–H groups in total. The van der Waals surface area contributed by atoms with Gasteiger partial charge in [0.2, 0.25) is 0 Å². The molecule has 0 unspecified atom stereocenters. The number of H-pyrrole nitrogens is 1. The Hall–Kier alpha value is -2.65. The third kappa shape index (κ3) is 2.81. The van der Waals surface area contributed by atoms with E-state index in [2.05, 4.69) is 36.4 Å². The summed E-state index contributed by atoms with van der Waals surface area (Å²) in [6.45, 7) is 0. The second kappa shape index (κ2) is 6.01. The minimum atomic E-state index is -0.711. The molecular weight excluding hydrogens is 417 g/mol. The summed E-state index contributed by atoms with van der Waals surface area (Å²) in [7, 11) is 0. The normalized spacial score (nSPS) is 11.2. The monoisotopic (exact) mass is 423 g/mol. The first-order valence-corrected chi connectivity index (χ1v) is 8.13. The van der Waals surface area contributed by atoms with Gasteiger partial charge in [0, 0.05) is 23.1 Å². The molecule has 0 saturated heterocycles. The Labute approximate surface area is 152 Å². The van der Waals surface area contributed by atoms with Crippen LogP contribution >= 0.6 is 27.5 Å². The lowest BCUT2D eigenvalue weighted by Crippen LogP contribution is -2.00. The highest BCUT2D eigenvalue weighted by molar-refractivity contribution is 9.10. The molecule has 0 spiro atoms. The SMILES string of the molecule is O=c1[nH]nc(-c2cn3ccnc3c(Cl)c2Nc2ccc(Br)cc2F)o1. The van der Waals surface area contributed by atoms with Gasteiger partial charge in [-0.1, -0.05) is 27.5 Å². The maximum absolute atomic E-state index is 14.2. The predicted octanol–water partition coefficient (Wildman–Crippen LogP) is 3.98. The number of nitrogens with one attached hydrogen (secondary N) is 2. The topological polar surface area (TPSA) is 88.2 Å². The van der Waals surface area contributed by atoms with Crippen LogP contribution in [0.2, 0.25) is 5.02 Å². The van der Waals surface area contributed by atoms with Gasteiger partial charge in [0.1, 0.15) is 10.8 Å². The number of aromatic nitrogens is 4. The number of imidazole rings is 1. The summed E-state index contributed by atoms with van der Waals surface area (Å²) in [5.41, 5.74) is 1.34. The quantitative estimate of drug-likeness (QED) is 0.519. The van der Waals surface area contributed by atoms with Gasteiger partial charge in [0.05, 0.1) is 16.9 Å². The molecule has 3 heterocycles. The van der Waals surface area contributed by atoms with Crippen molar-refractivity contribution in [3.63, 3.8) is 0 Å². The first-order valence-electron chi connectivity index (χ1n) is 6.96. The molecule has 1 aromatic carbocycles. The van der Waals surface area contributed by atoms with Crippen molar-refractivity contribution in [3.8, 4) is 11.5 Å². The van der Waals surface area contributed by atoms with Crippen LogP contribution in [0.5, 0.6) is 0 Å². The van der Waals surface area contributed by atoms with Crippen molar-refractivity contribution in [2.45, 2.75) is 0 Å². The molecule has 0 aliphatic carbocycles. The number of rotatable bonds is 3. The van der Waals surface area contributed by atoms with Gasteiger partial charge in [0.25, 0.3) is 5.89 Å². The summed E-state index contributed by atoms with van der Waals surface area (Å²) >= 11 is 9.65. The zero-order valence-electron chi connectivity index (χ0n) is 12.3. The number of fused-ring (bicyclic) bond motifs is 1. The molecule has 0 aliphatic heterocycles. The number of hydrogen-bond donors (Lipinski definition) is 2. The van der Waals surface area contributed by atoms with Crippen LogP contribution in [0.15, 0.2) is 50.5 Å². The van der Waals surface area contributed by atoms with E-state index in [0.717, 1.165) is 0 Å². The number of hydrogen-bond acceptors (Lipinski definition) is 5. The molecule has 10 heteroatoms. The highest BCUT2D eigenvalue weighted by atomic mass is 79.9. The van der Waals surface area contributed by atoms with Crippen LogP contribution in [0.25, 0.3) is 17.1 Å². The number of halogens is 3. The molecule has 7 nitrogen and oxygen atoms in total. The fourth-order valence-electron chi connectivity index (χ4n) is 2.38. The van der Waals surface area contributed by atoms with E-state index >= 15 is 0 Å². The minimum Gasteiger partial charge on any atom is -0.388 e. The van der Waals surface area contributed by atoms with Crippen molar-refractivity contribution in [1.82, 2.24) is 19.6 Å². The van der Waals surface area contributed by atoms with Gasteiger partial charge in [-0.05, 0) is 18.2 Å². The second-order valence-corrected chi connectivity index (χ2v) is 6.35. The van der Waals surface area contributed by atoms with Crippen LogP contribution in [-0.2, 0) is 0 Å². The zero-order chi connectivity index (χ0) is 17.6. The van der Waals surface area contributed by atoms with Gasteiger partial charge in [-0.3, -0.25) is 0 Å². The number of pyridine rings is 1. The Morgan fingerprint density at radius 1 is 1.40 bits per heavy atom. The highest BCUT2D eigenvalue weighted by Crippen LogP contribution is 2.38. The molecule has 0 fully saturated rings. The Morgan fingerprint density at radius 3 is 2.96 bits per heavy atom. The Balaban J connectivity index is 1.94. The third-order valence-corrected chi connectivity index (χ3v) is 4.33. The molecule has 0 amide bonds. The van der Waals surface area contributed by atoms with Crippen molar-refractivity contribution >= 4 is 44.6 Å². The molecule has 0 bridgehead atoms. The average Bonchev–Trinajstić information content (AvgIpc) is 3.20. The Kier molecular flexibility index (Phi) is 3.81. The fraction of sp³-hybridized carbons (Fsp3) is 0. The van der Waals surface area contributed by atoms with Gasteiger partial charge in [-0.2, -0.15) is 0 Å². The standard InChI is InChI=1S/C15H8BrClFN5O2/c16-7-1-2-10(9(18)5-7)20-12-8(14-21-22-15(24)25-14)6-23-4-3-19-13(23)11(12)17/h1-6,20H,(H,22,24). The summed E-state index contributed by atoms with van der Waals surface area (Å²) in [5.74, 6) is -1.18. The maximum Gasteiger partial charge on any atom is 0.434 e.